The molecule has 2 aliphatic rings. The first-order chi connectivity index (χ1) is 11.9. The van der Waals surface area contributed by atoms with Crippen LogP contribution < -0.4 is 4.72 Å². The third kappa shape index (κ3) is 4.36. The fourth-order valence-electron chi connectivity index (χ4n) is 3.62. The van der Waals surface area contributed by atoms with E-state index in [0.717, 1.165) is 37.4 Å². The highest BCUT2D eigenvalue weighted by molar-refractivity contribution is 7.99. The minimum Gasteiger partial charge on any atom is -0.379 e. The molecule has 2 heterocycles. The number of rotatable bonds is 5. The quantitative estimate of drug-likeness (QED) is 0.836. The average Bonchev–Trinajstić information content (AvgIpc) is 2.61. The maximum atomic E-state index is 13.3. The lowest BCUT2D eigenvalue weighted by Gasteiger charge is -2.48. The molecule has 1 aromatic carbocycles. The Hall–Kier alpha value is -0.670. The molecular formula is C17H25FN2O3S2. The van der Waals surface area contributed by atoms with Crippen LogP contribution in [0.2, 0.25) is 0 Å². The fourth-order valence-corrected chi connectivity index (χ4v) is 6.21. The molecule has 1 N–H and O–H groups in total. The van der Waals surface area contributed by atoms with Crippen molar-refractivity contribution in [2.75, 3.05) is 44.4 Å². The van der Waals surface area contributed by atoms with Crippen molar-refractivity contribution in [1.82, 2.24) is 9.62 Å². The smallest absolute Gasteiger partial charge is 0.240 e. The molecular weight excluding hydrogens is 363 g/mol. The fraction of sp³-hybridized carbons (Fsp3) is 0.647. The molecule has 0 atom stereocenters. The summed E-state index contributed by atoms with van der Waals surface area (Å²) < 4.78 is 47.0. The Morgan fingerprint density at radius 2 is 1.96 bits per heavy atom. The summed E-state index contributed by atoms with van der Waals surface area (Å²) in [7, 11) is -3.67. The minimum absolute atomic E-state index is 0.149. The van der Waals surface area contributed by atoms with E-state index >= 15 is 0 Å². The Labute approximate surface area is 153 Å². The first-order valence-corrected chi connectivity index (χ1v) is 11.2. The lowest BCUT2D eigenvalue weighted by atomic mass is 9.89. The highest BCUT2D eigenvalue weighted by Crippen LogP contribution is 2.33. The van der Waals surface area contributed by atoms with Crippen molar-refractivity contribution in [2.45, 2.75) is 30.2 Å². The second-order valence-corrected chi connectivity index (χ2v) is 9.63. The van der Waals surface area contributed by atoms with Crippen molar-refractivity contribution in [1.29, 1.82) is 0 Å². The molecule has 25 heavy (non-hydrogen) atoms. The van der Waals surface area contributed by atoms with Gasteiger partial charge in [-0.3, -0.25) is 4.90 Å². The zero-order valence-corrected chi connectivity index (χ0v) is 16.1. The van der Waals surface area contributed by atoms with Gasteiger partial charge in [0.1, 0.15) is 5.82 Å². The zero-order chi connectivity index (χ0) is 17.9. The van der Waals surface area contributed by atoms with E-state index < -0.39 is 15.8 Å². The summed E-state index contributed by atoms with van der Waals surface area (Å²) >= 11 is 1.92. The minimum atomic E-state index is -3.67. The molecule has 0 aromatic heterocycles. The second-order valence-electron chi connectivity index (χ2n) is 6.67. The van der Waals surface area contributed by atoms with E-state index in [-0.39, 0.29) is 10.4 Å². The average molecular weight is 389 g/mol. The zero-order valence-electron chi connectivity index (χ0n) is 14.5. The summed E-state index contributed by atoms with van der Waals surface area (Å²) in [5.74, 6) is 1.65. The molecule has 0 saturated carbocycles. The molecule has 8 heteroatoms. The van der Waals surface area contributed by atoms with Crippen LogP contribution in [0.15, 0.2) is 23.1 Å². The highest BCUT2D eigenvalue weighted by Gasteiger charge is 2.39. The number of hydrogen-bond acceptors (Lipinski definition) is 5. The molecule has 5 nitrogen and oxygen atoms in total. The summed E-state index contributed by atoms with van der Waals surface area (Å²) in [5.41, 5.74) is 0.267. The van der Waals surface area contributed by atoms with E-state index in [1.807, 2.05) is 11.8 Å². The van der Waals surface area contributed by atoms with Gasteiger partial charge in [-0.1, -0.05) is 0 Å². The number of hydrogen-bond donors (Lipinski definition) is 1. The highest BCUT2D eigenvalue weighted by atomic mass is 32.2. The Morgan fingerprint density at radius 1 is 1.28 bits per heavy atom. The largest absolute Gasteiger partial charge is 0.379 e. The van der Waals surface area contributed by atoms with Crippen LogP contribution in [0.1, 0.15) is 18.4 Å². The Morgan fingerprint density at radius 3 is 2.60 bits per heavy atom. The SMILES string of the molecule is Cc1cc(F)ccc1S(=O)(=O)NCC1(N2CCOCC2)CCSCC1. The maximum Gasteiger partial charge on any atom is 0.240 e. The van der Waals surface area contributed by atoms with Gasteiger partial charge in [-0.05, 0) is 55.0 Å². The van der Waals surface area contributed by atoms with Crippen LogP contribution in [0.5, 0.6) is 0 Å². The first-order valence-electron chi connectivity index (χ1n) is 8.59. The van der Waals surface area contributed by atoms with Gasteiger partial charge < -0.3 is 4.74 Å². The standard InChI is InChI=1S/C17H25FN2O3S2/c1-14-12-15(18)2-3-16(14)25(21,22)19-13-17(4-10-24-11-5-17)20-6-8-23-9-7-20/h2-3,12,19H,4-11,13H2,1H3. The molecule has 0 spiro atoms. The van der Waals surface area contributed by atoms with Gasteiger partial charge in [0.2, 0.25) is 10.0 Å². The number of morpholine rings is 1. The molecule has 0 aliphatic carbocycles. The molecule has 3 rings (SSSR count). The molecule has 1 aromatic rings. The first kappa shape index (κ1) is 19.1. The number of nitrogens with zero attached hydrogens (tertiary/aromatic N) is 1. The lowest BCUT2D eigenvalue weighted by molar-refractivity contribution is -0.0242. The summed E-state index contributed by atoms with van der Waals surface area (Å²) in [6, 6.07) is 3.78. The van der Waals surface area contributed by atoms with Crippen molar-refractivity contribution in [3.63, 3.8) is 0 Å². The number of benzene rings is 1. The Balaban J connectivity index is 1.78. The van der Waals surface area contributed by atoms with Gasteiger partial charge in [-0.2, -0.15) is 11.8 Å². The Bertz CT molecular complexity index is 700. The number of aryl methyl sites for hydroxylation is 1. The molecule has 140 valence electrons. The van der Waals surface area contributed by atoms with Gasteiger partial charge in [0, 0.05) is 25.2 Å². The van der Waals surface area contributed by atoms with Crippen LogP contribution in [-0.2, 0) is 14.8 Å². The van der Waals surface area contributed by atoms with Crippen LogP contribution in [0, 0.1) is 12.7 Å². The van der Waals surface area contributed by atoms with Gasteiger partial charge in [0.25, 0.3) is 0 Å². The van der Waals surface area contributed by atoms with Crippen molar-refractivity contribution in [3.8, 4) is 0 Å². The third-order valence-electron chi connectivity index (χ3n) is 5.12. The monoisotopic (exact) mass is 388 g/mol. The summed E-state index contributed by atoms with van der Waals surface area (Å²) in [6.45, 7) is 5.06. The maximum absolute atomic E-state index is 13.3. The lowest BCUT2D eigenvalue weighted by Crippen LogP contribution is -2.60. The van der Waals surface area contributed by atoms with E-state index in [9.17, 15) is 12.8 Å². The second kappa shape index (κ2) is 7.92. The van der Waals surface area contributed by atoms with Crippen LogP contribution in [0.25, 0.3) is 0 Å². The van der Waals surface area contributed by atoms with Crippen molar-refractivity contribution >= 4 is 21.8 Å². The number of halogens is 1. The van der Waals surface area contributed by atoms with E-state index in [1.54, 1.807) is 6.92 Å². The predicted molar refractivity (Wildman–Crippen MR) is 98.0 cm³/mol. The van der Waals surface area contributed by atoms with E-state index in [2.05, 4.69) is 9.62 Å². The number of sulfonamides is 1. The normalized spacial score (nSPS) is 22.0. The van der Waals surface area contributed by atoms with Gasteiger partial charge in [-0.25, -0.2) is 17.5 Å². The van der Waals surface area contributed by atoms with Crippen molar-refractivity contribution in [2.24, 2.45) is 0 Å². The van der Waals surface area contributed by atoms with Gasteiger partial charge in [0.15, 0.2) is 0 Å². The number of ether oxygens (including phenoxy) is 1. The summed E-state index contributed by atoms with van der Waals surface area (Å²) in [6.07, 6.45) is 1.92. The Kier molecular flexibility index (Phi) is 6.05. The van der Waals surface area contributed by atoms with Crippen LogP contribution in [0.3, 0.4) is 0 Å². The van der Waals surface area contributed by atoms with Crippen LogP contribution in [-0.4, -0.2) is 63.2 Å². The van der Waals surface area contributed by atoms with E-state index in [0.29, 0.717) is 25.3 Å². The molecule has 2 saturated heterocycles. The molecule has 2 fully saturated rings. The van der Waals surface area contributed by atoms with Crippen LogP contribution in [0.4, 0.5) is 4.39 Å². The topological polar surface area (TPSA) is 58.6 Å². The predicted octanol–water partition coefficient (Wildman–Crippen LogP) is 2.01. The van der Waals surface area contributed by atoms with Gasteiger partial charge in [0.05, 0.1) is 18.1 Å². The van der Waals surface area contributed by atoms with Crippen LogP contribution >= 0.6 is 11.8 Å². The molecule has 0 bridgehead atoms. The molecule has 0 amide bonds. The number of nitrogens with one attached hydrogen (secondary N) is 1. The number of thioether (sulfide) groups is 1. The van der Waals surface area contributed by atoms with Crippen molar-refractivity contribution < 1.29 is 17.5 Å². The van der Waals surface area contributed by atoms with E-state index in [1.165, 1.54) is 18.2 Å². The summed E-state index contributed by atoms with van der Waals surface area (Å²) in [4.78, 5) is 2.53. The van der Waals surface area contributed by atoms with Crippen molar-refractivity contribution in [3.05, 3.63) is 29.6 Å². The molecule has 0 radical (unpaired) electrons. The molecule has 2 aliphatic heterocycles. The van der Waals surface area contributed by atoms with Gasteiger partial charge >= 0.3 is 0 Å². The molecule has 0 unspecified atom stereocenters. The van der Waals surface area contributed by atoms with E-state index in [4.69, 9.17) is 4.74 Å². The third-order valence-corrected chi connectivity index (χ3v) is 7.67. The van der Waals surface area contributed by atoms with Gasteiger partial charge in [-0.15, -0.1) is 0 Å². The summed E-state index contributed by atoms with van der Waals surface area (Å²) in [5, 5.41) is 0.